The Labute approximate surface area is 110 Å². The molecule has 19 heavy (non-hydrogen) atoms. The minimum atomic E-state index is -0.469. The maximum atomic E-state index is 11.4. The van der Waals surface area contributed by atoms with E-state index < -0.39 is 5.91 Å². The zero-order valence-electron chi connectivity index (χ0n) is 10.5. The number of para-hydroxylation sites is 1. The molecule has 2 heterocycles. The van der Waals surface area contributed by atoms with Crippen molar-refractivity contribution in [3.63, 3.8) is 0 Å². The number of amides is 1. The molecular formula is C14H15N3O2. The summed E-state index contributed by atoms with van der Waals surface area (Å²) in [6.07, 6.45) is 3.66. The SMILES string of the molecule is NC(=O)c1cccc2oc(C3CC4(CC4)CN3)nc12. The van der Waals surface area contributed by atoms with E-state index in [1.807, 2.05) is 6.07 Å². The summed E-state index contributed by atoms with van der Waals surface area (Å²) in [6.45, 7) is 1.04. The van der Waals surface area contributed by atoms with E-state index in [4.69, 9.17) is 10.2 Å². The Hall–Kier alpha value is -1.88. The average Bonchev–Trinajstić information content (AvgIpc) is 2.84. The van der Waals surface area contributed by atoms with E-state index in [1.165, 1.54) is 12.8 Å². The molecule has 2 aliphatic rings. The Bertz CT molecular complexity index is 672. The highest BCUT2D eigenvalue weighted by Crippen LogP contribution is 2.54. The van der Waals surface area contributed by atoms with E-state index in [-0.39, 0.29) is 6.04 Å². The third-order valence-corrected chi connectivity index (χ3v) is 4.32. The Balaban J connectivity index is 1.75. The molecule has 0 bridgehead atoms. The van der Waals surface area contributed by atoms with Crippen molar-refractivity contribution in [2.24, 2.45) is 11.1 Å². The second-order valence-corrected chi connectivity index (χ2v) is 5.71. The lowest BCUT2D eigenvalue weighted by Gasteiger charge is -2.03. The summed E-state index contributed by atoms with van der Waals surface area (Å²) in [4.78, 5) is 15.9. The molecule has 2 aromatic rings. The van der Waals surface area contributed by atoms with Crippen LogP contribution in [0.25, 0.3) is 11.1 Å². The number of nitrogens with one attached hydrogen (secondary N) is 1. The van der Waals surface area contributed by atoms with E-state index in [1.54, 1.807) is 12.1 Å². The predicted molar refractivity (Wildman–Crippen MR) is 69.6 cm³/mol. The molecule has 1 aromatic carbocycles. The monoisotopic (exact) mass is 257 g/mol. The zero-order chi connectivity index (χ0) is 13.0. The van der Waals surface area contributed by atoms with Gasteiger partial charge < -0.3 is 15.5 Å². The van der Waals surface area contributed by atoms with Gasteiger partial charge in [-0.05, 0) is 36.8 Å². The molecule has 98 valence electrons. The number of hydrogen-bond acceptors (Lipinski definition) is 4. The molecule has 5 nitrogen and oxygen atoms in total. The van der Waals surface area contributed by atoms with Gasteiger partial charge in [-0.2, -0.15) is 0 Å². The number of rotatable bonds is 2. The van der Waals surface area contributed by atoms with Gasteiger partial charge in [-0.25, -0.2) is 4.98 Å². The van der Waals surface area contributed by atoms with E-state index >= 15 is 0 Å². The predicted octanol–water partition coefficient (Wildman–Crippen LogP) is 1.74. The number of carbonyl (C=O) groups is 1. The lowest BCUT2D eigenvalue weighted by atomic mass is 10.0. The van der Waals surface area contributed by atoms with Crippen LogP contribution in [0.2, 0.25) is 0 Å². The number of aromatic nitrogens is 1. The van der Waals surface area contributed by atoms with Crippen molar-refractivity contribution >= 4 is 17.0 Å². The van der Waals surface area contributed by atoms with Crippen molar-refractivity contribution < 1.29 is 9.21 Å². The van der Waals surface area contributed by atoms with Crippen molar-refractivity contribution in [2.45, 2.75) is 25.3 Å². The molecule has 3 N–H and O–H groups in total. The molecular weight excluding hydrogens is 242 g/mol. The van der Waals surface area contributed by atoms with Gasteiger partial charge >= 0.3 is 0 Å². The molecule has 1 aliphatic heterocycles. The van der Waals surface area contributed by atoms with Crippen molar-refractivity contribution in [3.8, 4) is 0 Å². The van der Waals surface area contributed by atoms with Crippen molar-refractivity contribution in [2.75, 3.05) is 6.54 Å². The molecule has 0 radical (unpaired) electrons. The molecule has 1 saturated heterocycles. The highest BCUT2D eigenvalue weighted by molar-refractivity contribution is 6.03. The number of primary amides is 1. The van der Waals surface area contributed by atoms with Crippen LogP contribution in [0.4, 0.5) is 0 Å². The first-order valence-electron chi connectivity index (χ1n) is 6.60. The number of hydrogen-bond donors (Lipinski definition) is 2. The van der Waals surface area contributed by atoms with Crippen LogP contribution >= 0.6 is 0 Å². The molecule has 1 aromatic heterocycles. The van der Waals surface area contributed by atoms with Crippen molar-refractivity contribution in [1.29, 1.82) is 0 Å². The number of nitrogens with two attached hydrogens (primary N) is 1. The van der Waals surface area contributed by atoms with Gasteiger partial charge in [-0.1, -0.05) is 6.07 Å². The van der Waals surface area contributed by atoms with Crippen molar-refractivity contribution in [3.05, 3.63) is 29.7 Å². The van der Waals surface area contributed by atoms with Crippen LogP contribution in [0.15, 0.2) is 22.6 Å². The van der Waals surface area contributed by atoms with Crippen LogP contribution in [0.3, 0.4) is 0 Å². The molecule has 1 atom stereocenters. The number of fused-ring (bicyclic) bond motifs is 1. The molecule has 1 amide bonds. The van der Waals surface area contributed by atoms with Gasteiger partial charge in [0, 0.05) is 6.54 Å². The fourth-order valence-electron chi connectivity index (χ4n) is 2.96. The Morgan fingerprint density at radius 1 is 1.47 bits per heavy atom. The van der Waals surface area contributed by atoms with Crippen LogP contribution in [0, 0.1) is 5.41 Å². The fourth-order valence-corrected chi connectivity index (χ4v) is 2.96. The quantitative estimate of drug-likeness (QED) is 0.858. The van der Waals surface area contributed by atoms with Gasteiger partial charge in [-0.3, -0.25) is 4.79 Å². The van der Waals surface area contributed by atoms with Gasteiger partial charge in [0.25, 0.3) is 5.91 Å². The Morgan fingerprint density at radius 3 is 3.00 bits per heavy atom. The number of carbonyl (C=O) groups excluding carboxylic acids is 1. The first-order valence-corrected chi connectivity index (χ1v) is 6.60. The molecule has 4 rings (SSSR count). The van der Waals surface area contributed by atoms with Gasteiger partial charge in [0.2, 0.25) is 5.89 Å². The highest BCUT2D eigenvalue weighted by atomic mass is 16.3. The van der Waals surface area contributed by atoms with E-state index in [0.29, 0.717) is 28.0 Å². The van der Waals surface area contributed by atoms with Crippen molar-refractivity contribution in [1.82, 2.24) is 10.3 Å². The summed E-state index contributed by atoms with van der Waals surface area (Å²) in [5.41, 5.74) is 7.47. The Kier molecular flexibility index (Phi) is 2.07. The summed E-state index contributed by atoms with van der Waals surface area (Å²) in [7, 11) is 0. The largest absolute Gasteiger partial charge is 0.439 e. The zero-order valence-corrected chi connectivity index (χ0v) is 10.5. The van der Waals surface area contributed by atoms with Crippen LogP contribution in [0.1, 0.15) is 41.6 Å². The summed E-state index contributed by atoms with van der Waals surface area (Å²) >= 11 is 0. The summed E-state index contributed by atoms with van der Waals surface area (Å²) in [6, 6.07) is 5.43. The first kappa shape index (κ1) is 11.0. The van der Waals surface area contributed by atoms with E-state index in [2.05, 4.69) is 10.3 Å². The van der Waals surface area contributed by atoms with Crippen LogP contribution in [-0.4, -0.2) is 17.4 Å². The molecule has 1 saturated carbocycles. The molecule has 1 spiro atoms. The summed E-state index contributed by atoms with van der Waals surface area (Å²) < 4.78 is 5.78. The van der Waals surface area contributed by atoms with Gasteiger partial charge in [0.1, 0.15) is 5.52 Å². The third-order valence-electron chi connectivity index (χ3n) is 4.32. The van der Waals surface area contributed by atoms with Gasteiger partial charge in [-0.15, -0.1) is 0 Å². The molecule has 1 aliphatic carbocycles. The lowest BCUT2D eigenvalue weighted by Crippen LogP contribution is -2.14. The number of oxazole rings is 1. The lowest BCUT2D eigenvalue weighted by molar-refractivity contribution is 0.100. The highest BCUT2D eigenvalue weighted by Gasteiger charge is 2.49. The smallest absolute Gasteiger partial charge is 0.251 e. The third kappa shape index (κ3) is 1.65. The normalized spacial score (nSPS) is 24.1. The van der Waals surface area contributed by atoms with Gasteiger partial charge in [0.15, 0.2) is 5.58 Å². The van der Waals surface area contributed by atoms with Crippen LogP contribution < -0.4 is 11.1 Å². The van der Waals surface area contributed by atoms with Crippen LogP contribution in [0.5, 0.6) is 0 Å². The van der Waals surface area contributed by atoms with Gasteiger partial charge in [0.05, 0.1) is 11.6 Å². The van der Waals surface area contributed by atoms with Crippen LogP contribution in [-0.2, 0) is 0 Å². The average molecular weight is 257 g/mol. The number of nitrogens with zero attached hydrogens (tertiary/aromatic N) is 1. The summed E-state index contributed by atoms with van der Waals surface area (Å²) in [5.74, 6) is 0.205. The minimum Gasteiger partial charge on any atom is -0.439 e. The summed E-state index contributed by atoms with van der Waals surface area (Å²) in [5, 5.41) is 3.46. The maximum absolute atomic E-state index is 11.4. The fraction of sp³-hybridized carbons (Fsp3) is 0.429. The molecule has 1 unspecified atom stereocenters. The molecule has 5 heteroatoms. The number of benzene rings is 1. The second kappa shape index (κ2) is 3.57. The maximum Gasteiger partial charge on any atom is 0.251 e. The first-order chi connectivity index (χ1) is 9.17. The standard InChI is InChI=1S/C14H15N3O2/c15-12(18)8-2-1-3-10-11(8)17-13(19-10)9-6-14(4-5-14)7-16-9/h1-3,9,16H,4-7H2,(H2,15,18). The van der Waals surface area contributed by atoms with E-state index in [9.17, 15) is 4.79 Å². The Morgan fingerprint density at radius 2 is 2.32 bits per heavy atom. The topological polar surface area (TPSA) is 81.2 Å². The second-order valence-electron chi connectivity index (χ2n) is 5.71. The van der Waals surface area contributed by atoms with E-state index in [0.717, 1.165) is 13.0 Å². The molecule has 2 fully saturated rings. The minimum absolute atomic E-state index is 0.163.